The fourth-order valence-corrected chi connectivity index (χ4v) is 1.33. The minimum Gasteiger partial charge on any atom is -0.392 e. The van der Waals surface area contributed by atoms with Crippen molar-refractivity contribution in [3.05, 3.63) is 34.6 Å². The van der Waals surface area contributed by atoms with E-state index in [1.54, 1.807) is 6.92 Å². The van der Waals surface area contributed by atoms with Crippen molar-refractivity contribution in [2.75, 3.05) is 0 Å². The average molecular weight is 246 g/mol. The van der Waals surface area contributed by atoms with Gasteiger partial charge in [0.15, 0.2) is 0 Å². The highest BCUT2D eigenvalue weighted by Crippen LogP contribution is 2.18. The van der Waals surface area contributed by atoms with Crippen LogP contribution in [0, 0.1) is 5.82 Å². The Hall–Kier alpha value is -0.640. The summed E-state index contributed by atoms with van der Waals surface area (Å²) < 4.78 is 13.0. The molecule has 0 aliphatic heterocycles. The van der Waals surface area contributed by atoms with Crippen molar-refractivity contribution in [1.82, 2.24) is 5.32 Å². The molecule has 0 amide bonds. The van der Waals surface area contributed by atoms with E-state index in [0.717, 1.165) is 0 Å². The van der Waals surface area contributed by atoms with E-state index in [4.69, 9.17) is 11.6 Å². The Morgan fingerprint density at radius 3 is 2.69 bits per heavy atom. The zero-order chi connectivity index (χ0) is 12.3. The fraction of sp³-hybridized carbons (Fsp3) is 0.500. The minimum absolute atomic E-state index is 0.309. The van der Waals surface area contributed by atoms with Crippen molar-refractivity contribution in [2.24, 2.45) is 0 Å². The topological polar surface area (TPSA) is 32.3 Å². The van der Waals surface area contributed by atoms with Crippen LogP contribution in [0.1, 0.15) is 26.3 Å². The number of hydrogen-bond donors (Lipinski definition) is 2. The Bertz CT molecular complexity index is 366. The summed E-state index contributed by atoms with van der Waals surface area (Å²) in [5.74, 6) is -0.309. The van der Waals surface area contributed by atoms with E-state index in [9.17, 15) is 9.50 Å². The van der Waals surface area contributed by atoms with Gasteiger partial charge in [-0.05, 0) is 44.5 Å². The highest BCUT2D eigenvalue weighted by molar-refractivity contribution is 6.31. The highest BCUT2D eigenvalue weighted by atomic mass is 35.5. The standard InChI is InChI=1S/C12H17ClFNO/c1-8(16)12(2,3)15-7-9-6-10(14)4-5-11(9)13/h4-6,8,15-16H,7H2,1-3H3. The predicted molar refractivity (Wildman–Crippen MR) is 64.0 cm³/mol. The summed E-state index contributed by atoms with van der Waals surface area (Å²) >= 11 is 5.94. The molecule has 90 valence electrons. The van der Waals surface area contributed by atoms with Crippen molar-refractivity contribution in [1.29, 1.82) is 0 Å². The Kier molecular flexibility index (Phi) is 4.30. The van der Waals surface area contributed by atoms with Gasteiger partial charge in [-0.15, -0.1) is 0 Å². The first-order valence-corrected chi connectivity index (χ1v) is 5.58. The van der Waals surface area contributed by atoms with Crippen molar-refractivity contribution in [3.8, 4) is 0 Å². The average Bonchev–Trinajstić information content (AvgIpc) is 2.19. The van der Waals surface area contributed by atoms with E-state index in [1.807, 2.05) is 13.8 Å². The summed E-state index contributed by atoms with van der Waals surface area (Å²) in [5.41, 5.74) is 0.255. The van der Waals surface area contributed by atoms with E-state index in [2.05, 4.69) is 5.32 Å². The van der Waals surface area contributed by atoms with E-state index < -0.39 is 11.6 Å². The van der Waals surface area contributed by atoms with Crippen LogP contribution in [0.2, 0.25) is 5.02 Å². The normalized spacial score (nSPS) is 13.9. The molecule has 2 N–H and O–H groups in total. The van der Waals surface area contributed by atoms with E-state index in [0.29, 0.717) is 17.1 Å². The first kappa shape index (κ1) is 13.4. The van der Waals surface area contributed by atoms with E-state index in [1.165, 1.54) is 18.2 Å². The molecule has 0 fully saturated rings. The summed E-state index contributed by atoms with van der Waals surface area (Å²) in [6.07, 6.45) is -0.500. The van der Waals surface area contributed by atoms with Gasteiger partial charge in [0.1, 0.15) is 5.82 Å². The maximum absolute atomic E-state index is 13.0. The molecule has 1 aromatic carbocycles. The molecule has 0 spiro atoms. The highest BCUT2D eigenvalue weighted by Gasteiger charge is 2.23. The first-order chi connectivity index (χ1) is 7.33. The van der Waals surface area contributed by atoms with Gasteiger partial charge in [-0.3, -0.25) is 0 Å². The van der Waals surface area contributed by atoms with Crippen LogP contribution in [0.15, 0.2) is 18.2 Å². The SMILES string of the molecule is CC(O)C(C)(C)NCc1cc(F)ccc1Cl. The molecule has 0 aromatic heterocycles. The lowest BCUT2D eigenvalue weighted by Crippen LogP contribution is -2.47. The zero-order valence-electron chi connectivity index (χ0n) is 9.72. The molecule has 0 heterocycles. The Morgan fingerprint density at radius 1 is 1.50 bits per heavy atom. The van der Waals surface area contributed by atoms with Crippen LogP contribution in [0.5, 0.6) is 0 Å². The van der Waals surface area contributed by atoms with Crippen LogP contribution in [0.25, 0.3) is 0 Å². The summed E-state index contributed by atoms with van der Waals surface area (Å²) in [4.78, 5) is 0. The quantitative estimate of drug-likeness (QED) is 0.855. The number of aliphatic hydroxyl groups is 1. The summed E-state index contributed by atoms with van der Waals surface area (Å²) in [6.45, 7) is 5.89. The van der Waals surface area contributed by atoms with Crippen molar-refractivity contribution >= 4 is 11.6 Å². The monoisotopic (exact) mass is 245 g/mol. The lowest BCUT2D eigenvalue weighted by Gasteiger charge is -2.29. The van der Waals surface area contributed by atoms with Gasteiger partial charge in [0, 0.05) is 17.1 Å². The van der Waals surface area contributed by atoms with Crippen LogP contribution in [0.3, 0.4) is 0 Å². The van der Waals surface area contributed by atoms with Gasteiger partial charge in [0.05, 0.1) is 6.10 Å². The molecular weight excluding hydrogens is 229 g/mol. The largest absolute Gasteiger partial charge is 0.392 e. The van der Waals surface area contributed by atoms with Gasteiger partial charge in [-0.2, -0.15) is 0 Å². The second kappa shape index (κ2) is 5.13. The van der Waals surface area contributed by atoms with Crippen LogP contribution in [0.4, 0.5) is 4.39 Å². The summed E-state index contributed by atoms with van der Waals surface area (Å²) in [7, 11) is 0. The first-order valence-electron chi connectivity index (χ1n) is 5.20. The molecule has 0 saturated carbocycles. The smallest absolute Gasteiger partial charge is 0.123 e. The number of aliphatic hydroxyl groups excluding tert-OH is 1. The number of benzene rings is 1. The molecule has 1 atom stereocenters. The maximum Gasteiger partial charge on any atom is 0.123 e. The fourth-order valence-electron chi connectivity index (χ4n) is 1.15. The third-order valence-electron chi connectivity index (χ3n) is 2.79. The second-order valence-corrected chi connectivity index (χ2v) is 4.89. The van der Waals surface area contributed by atoms with Gasteiger partial charge in [0.2, 0.25) is 0 Å². The molecule has 0 aliphatic carbocycles. The van der Waals surface area contributed by atoms with Gasteiger partial charge in [-0.25, -0.2) is 4.39 Å². The molecule has 0 saturated heterocycles. The third kappa shape index (κ3) is 3.44. The zero-order valence-corrected chi connectivity index (χ0v) is 10.5. The number of rotatable bonds is 4. The molecule has 0 bridgehead atoms. The van der Waals surface area contributed by atoms with E-state index in [-0.39, 0.29) is 5.82 Å². The number of halogens is 2. The molecule has 4 heteroatoms. The molecule has 16 heavy (non-hydrogen) atoms. The maximum atomic E-state index is 13.0. The minimum atomic E-state index is -0.500. The Balaban J connectivity index is 2.71. The molecule has 0 aliphatic rings. The third-order valence-corrected chi connectivity index (χ3v) is 3.16. The van der Waals surface area contributed by atoms with Crippen LogP contribution in [-0.2, 0) is 6.54 Å². The summed E-state index contributed by atoms with van der Waals surface area (Å²) in [6, 6.07) is 4.25. The van der Waals surface area contributed by atoms with Gasteiger partial charge >= 0.3 is 0 Å². The second-order valence-electron chi connectivity index (χ2n) is 4.49. The molecule has 2 nitrogen and oxygen atoms in total. The molecule has 1 rings (SSSR count). The molecule has 1 unspecified atom stereocenters. The predicted octanol–water partition coefficient (Wildman–Crippen LogP) is 2.73. The van der Waals surface area contributed by atoms with Crippen LogP contribution >= 0.6 is 11.6 Å². The van der Waals surface area contributed by atoms with Gasteiger partial charge < -0.3 is 10.4 Å². The molecule has 1 aromatic rings. The molecular formula is C12H17ClFNO. The van der Waals surface area contributed by atoms with Crippen LogP contribution in [-0.4, -0.2) is 16.7 Å². The van der Waals surface area contributed by atoms with Crippen molar-refractivity contribution < 1.29 is 9.50 Å². The van der Waals surface area contributed by atoms with Crippen molar-refractivity contribution in [3.63, 3.8) is 0 Å². The van der Waals surface area contributed by atoms with Crippen LogP contribution < -0.4 is 5.32 Å². The Morgan fingerprint density at radius 2 is 2.12 bits per heavy atom. The van der Waals surface area contributed by atoms with Gasteiger partial charge in [0.25, 0.3) is 0 Å². The molecule has 0 radical (unpaired) electrons. The lowest BCUT2D eigenvalue weighted by atomic mass is 9.98. The Labute approximate surface area is 100 Å². The number of hydrogen-bond acceptors (Lipinski definition) is 2. The summed E-state index contributed by atoms with van der Waals surface area (Å²) in [5, 5.41) is 13.2. The number of nitrogens with one attached hydrogen (secondary N) is 1. The van der Waals surface area contributed by atoms with E-state index >= 15 is 0 Å². The van der Waals surface area contributed by atoms with Gasteiger partial charge in [-0.1, -0.05) is 11.6 Å². The van der Waals surface area contributed by atoms with Crippen molar-refractivity contribution in [2.45, 2.75) is 39.0 Å². The lowest BCUT2D eigenvalue weighted by molar-refractivity contribution is 0.0956.